The molecule has 2 heterocycles. The molecule has 2 aromatic rings. The van der Waals surface area contributed by atoms with E-state index in [1.165, 1.54) is 17.1 Å². The zero-order valence-corrected chi connectivity index (χ0v) is 19.1. The number of anilines is 1. The predicted molar refractivity (Wildman–Crippen MR) is 129 cm³/mol. The van der Waals surface area contributed by atoms with E-state index < -0.39 is 0 Å². The second kappa shape index (κ2) is 11.0. The van der Waals surface area contributed by atoms with Gasteiger partial charge in [-0.15, -0.1) is 23.5 Å². The third kappa shape index (κ3) is 6.20. The maximum Gasteiger partial charge on any atom is 0.227 e. The predicted octanol–water partition coefficient (Wildman–Crippen LogP) is 4.81. The number of piperidine rings is 1. The zero-order valence-electron chi connectivity index (χ0n) is 17.5. The molecule has 164 valence electrons. The van der Waals surface area contributed by atoms with Gasteiger partial charge >= 0.3 is 0 Å². The number of hydrogen-bond acceptors (Lipinski definition) is 5. The van der Waals surface area contributed by atoms with Crippen LogP contribution in [0.25, 0.3) is 0 Å². The van der Waals surface area contributed by atoms with Crippen LogP contribution < -0.4 is 10.1 Å². The fraction of sp³-hybridized carbons (Fsp3) is 0.417. The zero-order chi connectivity index (χ0) is 21.5. The Morgan fingerprint density at radius 3 is 2.48 bits per heavy atom. The highest BCUT2D eigenvalue weighted by Gasteiger charge is 2.27. The summed E-state index contributed by atoms with van der Waals surface area (Å²) in [5.41, 5.74) is 2.13. The Morgan fingerprint density at radius 2 is 1.74 bits per heavy atom. The molecule has 5 nitrogen and oxygen atoms in total. The third-order valence-corrected chi connectivity index (χ3v) is 8.70. The van der Waals surface area contributed by atoms with Crippen molar-refractivity contribution >= 4 is 41.0 Å². The molecule has 0 aromatic heterocycles. The van der Waals surface area contributed by atoms with Crippen molar-refractivity contribution in [1.82, 2.24) is 4.90 Å². The Labute approximate surface area is 192 Å². The van der Waals surface area contributed by atoms with E-state index in [9.17, 15) is 9.59 Å². The number of para-hydroxylation sites is 1. The minimum atomic E-state index is -0.0523. The molecule has 0 radical (unpaired) electrons. The lowest BCUT2D eigenvalue weighted by molar-refractivity contribution is -0.135. The minimum absolute atomic E-state index is 0.0523. The molecule has 2 amide bonds. The lowest BCUT2D eigenvalue weighted by atomic mass is 9.95. The van der Waals surface area contributed by atoms with Crippen LogP contribution in [0.3, 0.4) is 0 Å². The monoisotopic (exact) mass is 456 g/mol. The van der Waals surface area contributed by atoms with Crippen LogP contribution in [0.5, 0.6) is 5.75 Å². The molecule has 7 heteroatoms. The maximum absolute atomic E-state index is 12.8. The summed E-state index contributed by atoms with van der Waals surface area (Å²) in [6.45, 7) is 1.62. The first-order valence-electron chi connectivity index (χ1n) is 10.8. The maximum atomic E-state index is 12.8. The molecule has 0 saturated carbocycles. The van der Waals surface area contributed by atoms with E-state index in [4.69, 9.17) is 4.74 Å². The van der Waals surface area contributed by atoms with Crippen molar-refractivity contribution in [2.24, 2.45) is 5.92 Å². The fourth-order valence-corrected chi connectivity index (χ4v) is 6.72. The summed E-state index contributed by atoms with van der Waals surface area (Å²) in [4.78, 5) is 27.1. The number of thioether (sulfide) groups is 2. The van der Waals surface area contributed by atoms with E-state index >= 15 is 0 Å². The third-order valence-electron chi connectivity index (χ3n) is 5.59. The lowest BCUT2D eigenvalue weighted by Crippen LogP contribution is -2.41. The summed E-state index contributed by atoms with van der Waals surface area (Å²) in [5.74, 6) is 3.24. The fourth-order valence-electron chi connectivity index (χ4n) is 3.88. The highest BCUT2D eigenvalue weighted by atomic mass is 32.2. The second-order valence-corrected chi connectivity index (χ2v) is 10.5. The summed E-state index contributed by atoms with van der Waals surface area (Å²) >= 11 is 3.92. The van der Waals surface area contributed by atoms with Crippen molar-refractivity contribution in [1.29, 1.82) is 0 Å². The average molecular weight is 457 g/mol. The number of rotatable bonds is 7. The van der Waals surface area contributed by atoms with Crippen molar-refractivity contribution in [2.45, 2.75) is 23.8 Å². The average Bonchev–Trinajstić information content (AvgIpc) is 3.35. The summed E-state index contributed by atoms with van der Waals surface area (Å²) < 4.78 is 6.09. The molecule has 0 atom stereocenters. The highest BCUT2D eigenvalue weighted by Crippen LogP contribution is 2.45. The summed E-state index contributed by atoms with van der Waals surface area (Å²) in [7, 11) is 0. The van der Waals surface area contributed by atoms with E-state index in [1.54, 1.807) is 0 Å². The molecule has 31 heavy (non-hydrogen) atoms. The Bertz CT molecular complexity index is 879. The van der Waals surface area contributed by atoms with Gasteiger partial charge in [-0.3, -0.25) is 9.59 Å². The van der Waals surface area contributed by atoms with Gasteiger partial charge in [0.05, 0.1) is 17.6 Å². The quantitative estimate of drug-likeness (QED) is 0.648. The van der Waals surface area contributed by atoms with Crippen molar-refractivity contribution in [3.8, 4) is 5.75 Å². The first-order chi connectivity index (χ1) is 15.2. The number of ether oxygens (including phenoxy) is 1. The molecule has 1 N–H and O–H groups in total. The molecular weight excluding hydrogens is 428 g/mol. The van der Waals surface area contributed by atoms with Crippen LogP contribution >= 0.6 is 23.5 Å². The van der Waals surface area contributed by atoms with E-state index in [0.717, 1.165) is 11.4 Å². The van der Waals surface area contributed by atoms with Crippen LogP contribution in [0, 0.1) is 5.92 Å². The Hall–Kier alpha value is -2.12. The second-order valence-electron chi connectivity index (χ2n) is 7.75. The smallest absolute Gasteiger partial charge is 0.227 e. The van der Waals surface area contributed by atoms with E-state index in [2.05, 4.69) is 17.4 Å². The van der Waals surface area contributed by atoms with Gasteiger partial charge in [0.25, 0.3) is 0 Å². The van der Waals surface area contributed by atoms with Crippen LogP contribution in [0.15, 0.2) is 54.6 Å². The van der Waals surface area contributed by atoms with Gasteiger partial charge in [0, 0.05) is 36.2 Å². The highest BCUT2D eigenvalue weighted by molar-refractivity contribution is 8.19. The minimum Gasteiger partial charge on any atom is -0.493 e. The van der Waals surface area contributed by atoms with Crippen LogP contribution in [0.2, 0.25) is 0 Å². The number of hydrogen-bond donors (Lipinski definition) is 1. The Kier molecular flexibility index (Phi) is 7.81. The Balaban J connectivity index is 1.21. The number of carbonyl (C=O) groups excluding carboxylic acids is 2. The van der Waals surface area contributed by atoms with Crippen molar-refractivity contribution in [2.75, 3.05) is 36.5 Å². The van der Waals surface area contributed by atoms with Crippen molar-refractivity contribution in [3.63, 3.8) is 0 Å². The number of amides is 2. The summed E-state index contributed by atoms with van der Waals surface area (Å²) in [5, 5.41) is 3.09. The van der Waals surface area contributed by atoms with Crippen molar-refractivity contribution in [3.05, 3.63) is 60.2 Å². The largest absolute Gasteiger partial charge is 0.493 e. The van der Waals surface area contributed by atoms with Gasteiger partial charge in [-0.1, -0.05) is 30.3 Å². The van der Waals surface area contributed by atoms with E-state index in [1.807, 2.05) is 70.9 Å². The molecule has 2 saturated heterocycles. The first kappa shape index (κ1) is 22.1. The molecule has 4 rings (SSSR count). The van der Waals surface area contributed by atoms with Crippen LogP contribution in [-0.4, -0.2) is 47.9 Å². The molecule has 0 unspecified atom stereocenters. The van der Waals surface area contributed by atoms with Gasteiger partial charge in [0.2, 0.25) is 11.8 Å². The molecule has 0 bridgehead atoms. The number of benzene rings is 2. The van der Waals surface area contributed by atoms with Crippen LogP contribution in [-0.2, 0) is 9.59 Å². The first-order valence-corrected chi connectivity index (χ1v) is 12.9. The van der Waals surface area contributed by atoms with Gasteiger partial charge in [-0.2, -0.15) is 0 Å². The summed E-state index contributed by atoms with van der Waals surface area (Å²) in [6, 6.07) is 17.7. The van der Waals surface area contributed by atoms with Gasteiger partial charge in [-0.25, -0.2) is 0 Å². The molecular formula is C24H28N2O3S2. The van der Waals surface area contributed by atoms with E-state index in [-0.39, 0.29) is 17.7 Å². The standard InChI is InChI=1S/C24H28N2O3S2/c27-22(11-14-29-21-7-2-1-3-8-21)26-12-9-18(10-13-26)23(28)25-20-6-4-5-19(17-20)24-30-15-16-31-24/h1-8,17-18,24H,9-16H2,(H,25,28). The van der Waals surface area contributed by atoms with Crippen molar-refractivity contribution < 1.29 is 14.3 Å². The van der Waals surface area contributed by atoms with Gasteiger partial charge in [-0.05, 0) is 42.7 Å². The molecule has 2 fully saturated rings. The number of carbonyl (C=O) groups is 2. The van der Waals surface area contributed by atoms with Gasteiger partial charge < -0.3 is 15.0 Å². The topological polar surface area (TPSA) is 58.6 Å². The number of likely N-dealkylation sites (tertiary alicyclic amines) is 1. The normalized spacial score (nSPS) is 17.5. The lowest BCUT2D eigenvalue weighted by Gasteiger charge is -2.31. The van der Waals surface area contributed by atoms with Gasteiger partial charge in [0.15, 0.2) is 0 Å². The molecule has 0 aliphatic carbocycles. The molecule has 2 aliphatic heterocycles. The van der Waals surface area contributed by atoms with Crippen LogP contribution in [0.1, 0.15) is 29.4 Å². The molecule has 2 aromatic carbocycles. The van der Waals surface area contributed by atoms with Crippen LogP contribution in [0.4, 0.5) is 5.69 Å². The van der Waals surface area contributed by atoms with E-state index in [0.29, 0.717) is 43.5 Å². The Morgan fingerprint density at radius 1 is 1.00 bits per heavy atom. The number of nitrogens with one attached hydrogen (secondary N) is 1. The molecule has 2 aliphatic rings. The molecule has 0 spiro atoms. The summed E-state index contributed by atoms with van der Waals surface area (Å²) in [6.07, 6.45) is 1.76. The number of nitrogens with zero attached hydrogens (tertiary/aromatic N) is 1. The van der Waals surface area contributed by atoms with Gasteiger partial charge in [0.1, 0.15) is 5.75 Å². The SMILES string of the molecule is O=C(Nc1cccc(C2SCCS2)c1)C1CCN(C(=O)CCOc2ccccc2)CC1.